The lowest BCUT2D eigenvalue weighted by molar-refractivity contribution is 1.41. The highest BCUT2D eigenvalue weighted by Crippen LogP contribution is 2.19. The van der Waals surface area contributed by atoms with Gasteiger partial charge in [0.05, 0.1) is 0 Å². The molecule has 0 unspecified atom stereocenters. The number of nitrogens with two attached hydrogens (primary N) is 1. The topological polar surface area (TPSA) is 41.8 Å². The van der Waals surface area contributed by atoms with Crippen LogP contribution in [-0.2, 0) is 0 Å². The van der Waals surface area contributed by atoms with E-state index in [0.29, 0.717) is 7.41 Å². The van der Waals surface area contributed by atoms with Crippen LogP contribution >= 0.6 is 0 Å². The molecule has 2 rings (SSSR count). The Morgan fingerprint density at radius 3 is 2.71 bits per heavy atom. The van der Waals surface area contributed by atoms with Gasteiger partial charge < -0.3 is 10.6 Å². The minimum atomic E-state index is 0.550. The van der Waals surface area contributed by atoms with Crippen LogP contribution in [-0.4, -0.2) is 12.4 Å². The Labute approximate surface area is 102 Å². The lowest BCUT2D eigenvalue weighted by atomic mass is 9.80. The average molecular weight is 224 g/mol. The summed E-state index contributed by atoms with van der Waals surface area (Å²) < 4.78 is 0. The second kappa shape index (κ2) is 5.06. The normalized spacial score (nSPS) is 12.5. The average Bonchev–Trinajstić information content (AvgIpc) is 2.74. The van der Waals surface area contributed by atoms with E-state index in [9.17, 15) is 0 Å². The first-order valence-corrected chi connectivity index (χ1v) is 5.90. The SMILES string of the molecule is C/C=C\C(=C/C)c1[nH]c2ccccc2c1BN. The standard InChI is InChI=1S/C14H17BN2/c1-3-7-10(4-2)14-13(15-16)11-8-5-6-9-12(11)17-14/h3-9,15,17H,16H2,1-2H3/b7-3-,10-4+. The molecule has 0 bridgehead atoms. The first kappa shape index (κ1) is 11.7. The number of benzene rings is 1. The molecule has 0 aliphatic rings. The minimum absolute atomic E-state index is 0.550. The smallest absolute Gasteiger partial charge is 0.236 e. The van der Waals surface area contributed by atoms with Crippen molar-refractivity contribution in [2.45, 2.75) is 13.8 Å². The van der Waals surface area contributed by atoms with Gasteiger partial charge in [-0.15, -0.1) is 0 Å². The van der Waals surface area contributed by atoms with Crippen LogP contribution in [0, 0.1) is 0 Å². The number of allylic oxidation sites excluding steroid dienone is 4. The van der Waals surface area contributed by atoms with E-state index < -0.39 is 0 Å². The Balaban J connectivity index is 2.68. The molecule has 0 spiro atoms. The summed E-state index contributed by atoms with van der Waals surface area (Å²) >= 11 is 0. The lowest BCUT2D eigenvalue weighted by Crippen LogP contribution is -2.25. The van der Waals surface area contributed by atoms with Crippen molar-refractivity contribution in [2.24, 2.45) is 5.64 Å². The zero-order valence-electron chi connectivity index (χ0n) is 10.3. The van der Waals surface area contributed by atoms with Gasteiger partial charge in [-0.3, -0.25) is 0 Å². The van der Waals surface area contributed by atoms with Crippen LogP contribution in [0.5, 0.6) is 0 Å². The van der Waals surface area contributed by atoms with E-state index in [1.165, 1.54) is 16.4 Å². The number of hydrogen-bond acceptors (Lipinski definition) is 1. The molecule has 0 aliphatic carbocycles. The molecule has 17 heavy (non-hydrogen) atoms. The van der Waals surface area contributed by atoms with E-state index >= 15 is 0 Å². The summed E-state index contributed by atoms with van der Waals surface area (Å²) in [6, 6.07) is 8.28. The van der Waals surface area contributed by atoms with Crippen LogP contribution in [0.2, 0.25) is 0 Å². The van der Waals surface area contributed by atoms with Crippen LogP contribution in [0.3, 0.4) is 0 Å². The van der Waals surface area contributed by atoms with Gasteiger partial charge in [0.1, 0.15) is 0 Å². The number of rotatable bonds is 3. The molecule has 1 heterocycles. The molecule has 0 amide bonds. The third-order valence-electron chi connectivity index (χ3n) is 2.96. The maximum absolute atomic E-state index is 5.88. The molecule has 0 fully saturated rings. The van der Waals surface area contributed by atoms with Crippen molar-refractivity contribution < 1.29 is 0 Å². The van der Waals surface area contributed by atoms with Crippen molar-refractivity contribution >= 4 is 29.4 Å². The summed E-state index contributed by atoms with van der Waals surface area (Å²) in [5.74, 6) is 0. The fourth-order valence-corrected chi connectivity index (χ4v) is 2.16. The number of hydrogen-bond donors (Lipinski definition) is 2. The fourth-order valence-electron chi connectivity index (χ4n) is 2.16. The van der Waals surface area contributed by atoms with Crippen LogP contribution in [0.4, 0.5) is 0 Å². The van der Waals surface area contributed by atoms with E-state index in [4.69, 9.17) is 5.64 Å². The summed E-state index contributed by atoms with van der Waals surface area (Å²) in [5, 5.41) is 1.22. The second-order valence-corrected chi connectivity index (χ2v) is 3.97. The third-order valence-corrected chi connectivity index (χ3v) is 2.96. The van der Waals surface area contributed by atoms with E-state index in [1.807, 2.05) is 32.1 Å². The summed E-state index contributed by atoms with van der Waals surface area (Å²) in [5.41, 5.74) is 10.5. The molecule has 0 saturated carbocycles. The van der Waals surface area contributed by atoms with Crippen LogP contribution in [0.1, 0.15) is 19.5 Å². The van der Waals surface area contributed by atoms with Gasteiger partial charge in [-0.2, -0.15) is 0 Å². The van der Waals surface area contributed by atoms with E-state index in [-0.39, 0.29) is 0 Å². The molecule has 0 atom stereocenters. The highest BCUT2D eigenvalue weighted by molar-refractivity contribution is 6.55. The monoisotopic (exact) mass is 224 g/mol. The Bertz CT molecular complexity index is 579. The van der Waals surface area contributed by atoms with Crippen LogP contribution < -0.4 is 11.1 Å². The summed E-state index contributed by atoms with van der Waals surface area (Å²) in [6.45, 7) is 4.06. The van der Waals surface area contributed by atoms with E-state index in [0.717, 1.165) is 11.2 Å². The van der Waals surface area contributed by atoms with Crippen molar-refractivity contribution in [1.82, 2.24) is 4.98 Å². The maximum Gasteiger partial charge on any atom is 0.236 e. The highest BCUT2D eigenvalue weighted by Gasteiger charge is 2.11. The molecule has 2 aromatic rings. The third kappa shape index (κ3) is 2.06. The molecule has 0 saturated heterocycles. The van der Waals surface area contributed by atoms with E-state index in [2.05, 4.69) is 29.3 Å². The van der Waals surface area contributed by atoms with Crippen molar-refractivity contribution in [1.29, 1.82) is 0 Å². The number of aromatic nitrogens is 1. The lowest BCUT2D eigenvalue weighted by Gasteiger charge is -2.02. The van der Waals surface area contributed by atoms with Crippen molar-refractivity contribution in [3.05, 3.63) is 48.2 Å². The second-order valence-electron chi connectivity index (χ2n) is 3.97. The van der Waals surface area contributed by atoms with Gasteiger partial charge in [-0.1, -0.05) is 36.4 Å². The number of H-pyrrole nitrogens is 1. The highest BCUT2D eigenvalue weighted by atomic mass is 14.7. The van der Waals surface area contributed by atoms with E-state index in [1.54, 1.807) is 0 Å². The zero-order valence-corrected chi connectivity index (χ0v) is 10.3. The van der Waals surface area contributed by atoms with Crippen molar-refractivity contribution in [3.8, 4) is 0 Å². The largest absolute Gasteiger partial charge is 0.369 e. The number of aromatic amines is 1. The molecule has 1 aromatic carbocycles. The minimum Gasteiger partial charge on any atom is -0.369 e. The van der Waals surface area contributed by atoms with Gasteiger partial charge >= 0.3 is 0 Å². The molecule has 0 radical (unpaired) electrons. The number of fused-ring (bicyclic) bond motifs is 1. The molecule has 2 nitrogen and oxygen atoms in total. The molecule has 1 aromatic heterocycles. The predicted octanol–water partition coefficient (Wildman–Crippen LogP) is 2.08. The fraction of sp³-hybridized carbons (Fsp3) is 0.143. The zero-order chi connectivity index (χ0) is 12.3. The summed E-state index contributed by atoms with van der Waals surface area (Å²) in [6.07, 6.45) is 6.24. The Kier molecular flexibility index (Phi) is 3.50. The van der Waals surface area contributed by atoms with Gasteiger partial charge in [0, 0.05) is 11.2 Å². The maximum atomic E-state index is 5.88. The molecule has 3 N–H and O–H groups in total. The quantitative estimate of drug-likeness (QED) is 0.608. The molecular formula is C14H17BN2. The Morgan fingerprint density at radius 2 is 2.06 bits per heavy atom. The summed E-state index contributed by atoms with van der Waals surface area (Å²) in [4.78, 5) is 3.45. The summed E-state index contributed by atoms with van der Waals surface area (Å²) in [7, 11) is 0.550. The Hall–Kier alpha value is -1.74. The van der Waals surface area contributed by atoms with Crippen molar-refractivity contribution in [3.63, 3.8) is 0 Å². The van der Waals surface area contributed by atoms with Gasteiger partial charge in [-0.25, -0.2) is 0 Å². The van der Waals surface area contributed by atoms with Crippen LogP contribution in [0.25, 0.3) is 16.5 Å². The number of para-hydroxylation sites is 1. The first-order valence-electron chi connectivity index (χ1n) is 5.90. The number of nitrogens with one attached hydrogen (secondary N) is 1. The van der Waals surface area contributed by atoms with Crippen LogP contribution in [0.15, 0.2) is 42.5 Å². The van der Waals surface area contributed by atoms with Gasteiger partial charge in [0.25, 0.3) is 0 Å². The first-order chi connectivity index (χ1) is 8.31. The molecule has 86 valence electrons. The predicted molar refractivity (Wildman–Crippen MR) is 77.7 cm³/mol. The molecule has 0 aliphatic heterocycles. The van der Waals surface area contributed by atoms with Gasteiger partial charge in [-0.05, 0) is 36.3 Å². The van der Waals surface area contributed by atoms with Gasteiger partial charge in [0.2, 0.25) is 7.41 Å². The molecular weight excluding hydrogens is 207 g/mol. The molecule has 3 heteroatoms. The Morgan fingerprint density at radius 1 is 1.29 bits per heavy atom. The van der Waals surface area contributed by atoms with Crippen molar-refractivity contribution in [2.75, 3.05) is 0 Å². The van der Waals surface area contributed by atoms with Gasteiger partial charge in [0.15, 0.2) is 0 Å².